The Balaban J connectivity index is 1.77. The number of primary sulfonamides is 1. The molecule has 1 amide bonds. The van der Waals surface area contributed by atoms with Crippen LogP contribution in [0.25, 0.3) is 16.9 Å². The van der Waals surface area contributed by atoms with Gasteiger partial charge in [-0.25, -0.2) is 18.2 Å². The zero-order valence-corrected chi connectivity index (χ0v) is 17.6. The molecule has 4 aromatic rings. The number of hydrogen-bond acceptors (Lipinski definition) is 4. The first-order chi connectivity index (χ1) is 14.8. The number of nitrogens with one attached hydrogen (secondary N) is 1. The molecular weight excluding hydrogens is 436 g/mol. The van der Waals surface area contributed by atoms with Crippen LogP contribution < -0.4 is 10.5 Å². The first-order valence-corrected chi connectivity index (χ1v) is 11.1. The van der Waals surface area contributed by atoms with E-state index in [0.717, 1.165) is 5.56 Å². The minimum atomic E-state index is -3.82. The van der Waals surface area contributed by atoms with Crippen LogP contribution in [0.3, 0.4) is 0 Å². The Kier molecular flexibility index (Phi) is 5.60. The smallest absolute Gasteiger partial charge is 0.276 e. The van der Waals surface area contributed by atoms with E-state index in [4.69, 9.17) is 16.7 Å². The average molecular weight is 453 g/mol. The molecule has 9 heteroatoms. The second kappa shape index (κ2) is 8.35. The van der Waals surface area contributed by atoms with Gasteiger partial charge in [0.25, 0.3) is 5.91 Å². The average Bonchev–Trinajstić information content (AvgIpc) is 3.20. The van der Waals surface area contributed by atoms with E-state index in [1.807, 2.05) is 30.3 Å². The van der Waals surface area contributed by atoms with Crippen LogP contribution in [0.1, 0.15) is 10.5 Å². The molecule has 0 atom stereocenters. The van der Waals surface area contributed by atoms with Crippen LogP contribution in [0.2, 0.25) is 5.02 Å². The highest BCUT2D eigenvalue weighted by Crippen LogP contribution is 2.26. The summed E-state index contributed by atoms with van der Waals surface area (Å²) in [6, 6.07) is 23.7. The summed E-state index contributed by atoms with van der Waals surface area (Å²) in [4.78, 5) is 12.8. The molecule has 0 aliphatic carbocycles. The lowest BCUT2D eigenvalue weighted by atomic mass is 10.1. The maximum Gasteiger partial charge on any atom is 0.276 e. The molecule has 31 heavy (non-hydrogen) atoms. The molecule has 0 fully saturated rings. The zero-order chi connectivity index (χ0) is 22.0. The van der Waals surface area contributed by atoms with Crippen LogP contribution in [0.4, 0.5) is 5.69 Å². The number of aromatic nitrogens is 2. The van der Waals surface area contributed by atoms with Crippen molar-refractivity contribution in [2.24, 2.45) is 5.14 Å². The SMILES string of the molecule is NS(=O)(=O)c1ccc(-n2nc(C(=O)Nc3ccccc3)cc2-c2ccc(Cl)cc2)cc1. The fourth-order valence-corrected chi connectivity index (χ4v) is 3.65. The third kappa shape index (κ3) is 4.66. The molecule has 0 unspecified atom stereocenters. The Bertz CT molecular complexity index is 1330. The van der Waals surface area contributed by atoms with E-state index in [0.29, 0.717) is 22.1 Å². The summed E-state index contributed by atoms with van der Waals surface area (Å²) in [6.45, 7) is 0. The molecule has 0 spiro atoms. The first kappa shape index (κ1) is 20.8. The standard InChI is InChI=1S/C22H17ClN4O3S/c23-16-8-6-15(7-9-16)21-14-20(22(28)25-17-4-2-1-3-5-17)26-27(21)18-10-12-19(13-11-18)31(24,29)30/h1-14H,(H,25,28)(H2,24,29,30). The number of halogens is 1. The first-order valence-electron chi connectivity index (χ1n) is 9.17. The number of nitrogens with zero attached hydrogens (tertiary/aromatic N) is 2. The van der Waals surface area contributed by atoms with Gasteiger partial charge in [0.1, 0.15) is 0 Å². The van der Waals surface area contributed by atoms with E-state index in [9.17, 15) is 13.2 Å². The molecule has 0 aliphatic rings. The monoisotopic (exact) mass is 452 g/mol. The van der Waals surface area contributed by atoms with Crippen LogP contribution in [-0.4, -0.2) is 24.1 Å². The summed E-state index contributed by atoms with van der Waals surface area (Å²) in [6.07, 6.45) is 0. The molecule has 0 bridgehead atoms. The summed E-state index contributed by atoms with van der Waals surface area (Å²) in [5.74, 6) is -0.374. The predicted molar refractivity (Wildman–Crippen MR) is 120 cm³/mol. The van der Waals surface area contributed by atoms with Crippen molar-refractivity contribution < 1.29 is 13.2 Å². The summed E-state index contributed by atoms with van der Waals surface area (Å²) >= 11 is 6.01. The minimum absolute atomic E-state index is 0.0153. The van der Waals surface area contributed by atoms with E-state index >= 15 is 0 Å². The summed E-state index contributed by atoms with van der Waals surface area (Å²) in [5, 5.41) is 13.0. The third-order valence-corrected chi connectivity index (χ3v) is 5.70. The molecular formula is C22H17ClN4O3S. The largest absolute Gasteiger partial charge is 0.321 e. The lowest BCUT2D eigenvalue weighted by molar-refractivity contribution is 0.102. The molecule has 1 aromatic heterocycles. The maximum absolute atomic E-state index is 12.8. The number of hydrogen-bond donors (Lipinski definition) is 2. The quantitative estimate of drug-likeness (QED) is 0.475. The van der Waals surface area contributed by atoms with Gasteiger partial charge in [-0.2, -0.15) is 5.10 Å². The lowest BCUT2D eigenvalue weighted by Gasteiger charge is -2.08. The number of nitrogens with two attached hydrogens (primary N) is 1. The maximum atomic E-state index is 12.8. The highest BCUT2D eigenvalue weighted by molar-refractivity contribution is 7.89. The van der Waals surface area contributed by atoms with Crippen LogP contribution >= 0.6 is 11.6 Å². The number of sulfonamides is 1. The van der Waals surface area contributed by atoms with Crippen molar-refractivity contribution in [3.8, 4) is 16.9 Å². The number of carbonyl (C=O) groups excluding carboxylic acids is 1. The fraction of sp³-hybridized carbons (Fsp3) is 0. The van der Waals surface area contributed by atoms with Gasteiger partial charge in [-0.3, -0.25) is 4.79 Å². The lowest BCUT2D eigenvalue weighted by Crippen LogP contribution is -2.13. The number of rotatable bonds is 5. The second-order valence-corrected chi connectivity index (χ2v) is 8.69. The predicted octanol–water partition coefficient (Wildman–Crippen LogP) is 4.09. The Labute approximate surface area is 184 Å². The number of amides is 1. The molecule has 3 aromatic carbocycles. The van der Waals surface area contributed by atoms with E-state index in [2.05, 4.69) is 10.4 Å². The van der Waals surface area contributed by atoms with E-state index in [1.165, 1.54) is 12.1 Å². The van der Waals surface area contributed by atoms with Crippen LogP contribution in [0, 0.1) is 0 Å². The van der Waals surface area contributed by atoms with Crippen LogP contribution in [-0.2, 0) is 10.0 Å². The normalized spacial score (nSPS) is 11.3. The third-order valence-electron chi connectivity index (χ3n) is 4.52. The van der Waals surface area contributed by atoms with E-state index < -0.39 is 10.0 Å². The van der Waals surface area contributed by atoms with E-state index in [1.54, 1.807) is 47.1 Å². The van der Waals surface area contributed by atoms with Gasteiger partial charge in [-0.1, -0.05) is 41.9 Å². The van der Waals surface area contributed by atoms with E-state index in [-0.39, 0.29) is 16.5 Å². The Hall–Kier alpha value is -3.46. The molecule has 1 heterocycles. The van der Waals surface area contributed by atoms with Crippen molar-refractivity contribution in [3.05, 3.63) is 95.6 Å². The number of para-hydroxylation sites is 1. The van der Waals surface area contributed by atoms with Gasteiger partial charge < -0.3 is 5.32 Å². The zero-order valence-electron chi connectivity index (χ0n) is 16.1. The molecule has 156 valence electrons. The number of benzene rings is 3. The summed E-state index contributed by atoms with van der Waals surface area (Å²) in [7, 11) is -3.82. The Morgan fingerprint density at radius 1 is 0.935 bits per heavy atom. The van der Waals surface area contributed by atoms with Crippen LogP contribution in [0.15, 0.2) is 89.8 Å². The molecule has 7 nitrogen and oxygen atoms in total. The van der Waals surface area contributed by atoms with Gasteiger partial charge in [-0.15, -0.1) is 0 Å². The highest BCUT2D eigenvalue weighted by Gasteiger charge is 2.18. The highest BCUT2D eigenvalue weighted by atomic mass is 35.5. The van der Waals surface area contributed by atoms with Crippen molar-refractivity contribution in [3.63, 3.8) is 0 Å². The Morgan fingerprint density at radius 3 is 2.19 bits per heavy atom. The van der Waals surface area contributed by atoms with Gasteiger partial charge in [0.05, 0.1) is 16.3 Å². The van der Waals surface area contributed by atoms with Gasteiger partial charge in [0.2, 0.25) is 10.0 Å². The van der Waals surface area contributed by atoms with Crippen molar-refractivity contribution in [1.82, 2.24) is 9.78 Å². The fourth-order valence-electron chi connectivity index (χ4n) is 3.01. The summed E-state index contributed by atoms with van der Waals surface area (Å²) in [5.41, 5.74) is 2.83. The molecule has 0 radical (unpaired) electrons. The number of carbonyl (C=O) groups is 1. The summed E-state index contributed by atoms with van der Waals surface area (Å²) < 4.78 is 24.7. The minimum Gasteiger partial charge on any atom is -0.321 e. The van der Waals surface area contributed by atoms with Crippen molar-refractivity contribution >= 4 is 33.2 Å². The van der Waals surface area contributed by atoms with Crippen molar-refractivity contribution in [1.29, 1.82) is 0 Å². The van der Waals surface area contributed by atoms with Gasteiger partial charge in [0, 0.05) is 16.3 Å². The topological polar surface area (TPSA) is 107 Å². The molecule has 0 saturated heterocycles. The van der Waals surface area contributed by atoms with Gasteiger partial charge in [-0.05, 0) is 54.6 Å². The van der Waals surface area contributed by atoms with Crippen molar-refractivity contribution in [2.45, 2.75) is 4.90 Å². The Morgan fingerprint density at radius 2 is 1.58 bits per heavy atom. The van der Waals surface area contributed by atoms with Crippen molar-refractivity contribution in [2.75, 3.05) is 5.32 Å². The van der Waals surface area contributed by atoms with Crippen LogP contribution in [0.5, 0.6) is 0 Å². The van der Waals surface area contributed by atoms with Gasteiger partial charge in [0.15, 0.2) is 5.69 Å². The second-order valence-electron chi connectivity index (χ2n) is 6.69. The molecule has 0 saturated carbocycles. The molecule has 4 rings (SSSR count). The van der Waals surface area contributed by atoms with Gasteiger partial charge >= 0.3 is 0 Å². The number of anilines is 1. The molecule has 3 N–H and O–H groups in total. The molecule has 0 aliphatic heterocycles.